The topological polar surface area (TPSA) is 54.9 Å². The predicted molar refractivity (Wildman–Crippen MR) is 88.4 cm³/mol. The molecule has 0 saturated heterocycles. The largest absolute Gasteiger partial charge is 0.310 e. The smallest absolute Gasteiger partial charge is 0.237 e. The van der Waals surface area contributed by atoms with Gasteiger partial charge in [-0.25, -0.2) is 4.98 Å². The second kappa shape index (κ2) is 4.16. The Morgan fingerprint density at radius 2 is 1.96 bits per heavy atom. The number of benzene rings is 1. The van der Waals surface area contributed by atoms with Crippen LogP contribution in [0.2, 0.25) is 0 Å². The molecule has 4 nitrogen and oxygen atoms in total. The van der Waals surface area contributed by atoms with E-state index in [4.69, 9.17) is 0 Å². The number of aryl methyl sites for hydroxylation is 1. The van der Waals surface area contributed by atoms with Crippen LogP contribution in [0.3, 0.4) is 0 Å². The standard InChI is InChI=1S/C19H15N3O/c1-11-5-12-6-13-8-19(9-14(13)7-16(12)21-10-11)15-3-2-4-20-17(15)22-18(19)23/h2-7,10H,8-9H2,1H3,(H,20,22,23)/t19-/m0/s1. The summed E-state index contributed by atoms with van der Waals surface area (Å²) in [6.45, 7) is 2.05. The lowest BCUT2D eigenvalue weighted by Crippen LogP contribution is -2.35. The Hall–Kier alpha value is -2.75. The van der Waals surface area contributed by atoms with Gasteiger partial charge in [0.15, 0.2) is 0 Å². The van der Waals surface area contributed by atoms with Crippen LogP contribution >= 0.6 is 0 Å². The lowest BCUT2D eigenvalue weighted by atomic mass is 9.79. The molecule has 23 heavy (non-hydrogen) atoms. The third-order valence-electron chi connectivity index (χ3n) is 5.11. The third-order valence-corrected chi connectivity index (χ3v) is 5.11. The zero-order valence-corrected chi connectivity index (χ0v) is 12.8. The first kappa shape index (κ1) is 12.8. The summed E-state index contributed by atoms with van der Waals surface area (Å²) >= 11 is 0. The van der Waals surface area contributed by atoms with Gasteiger partial charge >= 0.3 is 0 Å². The van der Waals surface area contributed by atoms with Crippen molar-refractivity contribution in [3.63, 3.8) is 0 Å². The normalized spacial score (nSPS) is 21.5. The molecule has 1 N–H and O–H groups in total. The highest BCUT2D eigenvalue weighted by Gasteiger charge is 2.51. The van der Waals surface area contributed by atoms with Crippen molar-refractivity contribution in [3.8, 4) is 0 Å². The molecule has 1 aliphatic carbocycles. The van der Waals surface area contributed by atoms with Crippen LogP contribution in [-0.2, 0) is 23.1 Å². The van der Waals surface area contributed by atoms with Gasteiger partial charge in [-0.1, -0.05) is 6.07 Å². The van der Waals surface area contributed by atoms with E-state index in [0.29, 0.717) is 5.82 Å². The number of fused-ring (bicyclic) bond motifs is 4. The quantitative estimate of drug-likeness (QED) is 0.694. The fourth-order valence-corrected chi connectivity index (χ4v) is 4.01. The van der Waals surface area contributed by atoms with Gasteiger partial charge in [-0.2, -0.15) is 0 Å². The number of hydrogen-bond acceptors (Lipinski definition) is 3. The molecule has 0 radical (unpaired) electrons. The van der Waals surface area contributed by atoms with Crippen molar-refractivity contribution >= 4 is 22.6 Å². The molecular formula is C19H15N3O. The molecule has 1 amide bonds. The number of amides is 1. The van der Waals surface area contributed by atoms with E-state index in [1.54, 1.807) is 6.20 Å². The number of nitrogens with zero attached hydrogens (tertiary/aromatic N) is 2. The molecule has 1 atom stereocenters. The molecule has 0 saturated carbocycles. The maximum absolute atomic E-state index is 12.7. The van der Waals surface area contributed by atoms with Crippen molar-refractivity contribution in [3.05, 3.63) is 65.0 Å². The van der Waals surface area contributed by atoms with E-state index in [1.807, 2.05) is 25.3 Å². The molecule has 3 heterocycles. The van der Waals surface area contributed by atoms with Crippen molar-refractivity contribution in [1.82, 2.24) is 9.97 Å². The van der Waals surface area contributed by atoms with E-state index in [2.05, 4.69) is 33.5 Å². The fraction of sp³-hybridized carbons (Fsp3) is 0.211. The number of hydrogen-bond donors (Lipinski definition) is 1. The summed E-state index contributed by atoms with van der Waals surface area (Å²) < 4.78 is 0. The summed E-state index contributed by atoms with van der Waals surface area (Å²) in [5.74, 6) is 0.777. The van der Waals surface area contributed by atoms with Crippen molar-refractivity contribution in [2.45, 2.75) is 25.2 Å². The first-order valence-corrected chi connectivity index (χ1v) is 7.81. The highest BCUT2D eigenvalue weighted by Crippen LogP contribution is 2.47. The third kappa shape index (κ3) is 1.63. The van der Waals surface area contributed by atoms with Gasteiger partial charge in [0.1, 0.15) is 5.82 Å². The highest BCUT2D eigenvalue weighted by atomic mass is 16.2. The zero-order valence-electron chi connectivity index (χ0n) is 12.8. The minimum atomic E-state index is -0.502. The van der Waals surface area contributed by atoms with Gasteiger partial charge in [-0.3, -0.25) is 9.78 Å². The second-order valence-corrected chi connectivity index (χ2v) is 6.62. The zero-order chi connectivity index (χ0) is 15.6. The molecular weight excluding hydrogens is 286 g/mol. The Balaban J connectivity index is 1.69. The van der Waals surface area contributed by atoms with Crippen molar-refractivity contribution in [2.24, 2.45) is 0 Å². The second-order valence-electron chi connectivity index (χ2n) is 6.62. The average Bonchev–Trinajstić information content (AvgIpc) is 3.04. The van der Waals surface area contributed by atoms with Gasteiger partial charge in [0.2, 0.25) is 5.91 Å². The van der Waals surface area contributed by atoms with Crippen molar-refractivity contribution in [2.75, 3.05) is 5.32 Å². The van der Waals surface area contributed by atoms with E-state index < -0.39 is 5.41 Å². The molecule has 2 aromatic heterocycles. The molecule has 2 aliphatic rings. The minimum Gasteiger partial charge on any atom is -0.310 e. The fourth-order valence-electron chi connectivity index (χ4n) is 4.01. The molecule has 4 heteroatoms. The van der Waals surface area contributed by atoms with Crippen LogP contribution in [0.4, 0.5) is 5.82 Å². The van der Waals surface area contributed by atoms with Gasteiger partial charge in [-0.15, -0.1) is 0 Å². The van der Waals surface area contributed by atoms with Crippen molar-refractivity contribution < 1.29 is 4.79 Å². The number of rotatable bonds is 0. The Labute approximate surface area is 133 Å². The Morgan fingerprint density at radius 1 is 1.13 bits per heavy atom. The van der Waals surface area contributed by atoms with E-state index >= 15 is 0 Å². The van der Waals surface area contributed by atoms with Gasteiger partial charge in [0, 0.05) is 23.3 Å². The molecule has 1 aromatic carbocycles. The van der Waals surface area contributed by atoms with E-state index in [0.717, 1.165) is 34.9 Å². The average molecular weight is 301 g/mol. The molecule has 0 fully saturated rings. The molecule has 1 aliphatic heterocycles. The molecule has 0 unspecified atom stereocenters. The number of nitrogens with one attached hydrogen (secondary N) is 1. The number of aromatic nitrogens is 2. The summed E-state index contributed by atoms with van der Waals surface area (Å²) in [6, 6.07) is 10.4. The van der Waals surface area contributed by atoms with Crippen LogP contribution < -0.4 is 5.32 Å². The molecule has 0 bridgehead atoms. The Morgan fingerprint density at radius 3 is 2.83 bits per heavy atom. The van der Waals surface area contributed by atoms with E-state index in [9.17, 15) is 4.79 Å². The number of carbonyl (C=O) groups is 1. The first-order valence-electron chi connectivity index (χ1n) is 7.81. The maximum atomic E-state index is 12.7. The maximum Gasteiger partial charge on any atom is 0.237 e. The van der Waals surface area contributed by atoms with Gasteiger partial charge in [0.25, 0.3) is 0 Å². The van der Waals surface area contributed by atoms with Gasteiger partial charge in [-0.05, 0) is 60.7 Å². The Bertz CT molecular complexity index is 995. The molecule has 112 valence electrons. The molecule has 5 rings (SSSR count). The number of pyridine rings is 2. The SMILES string of the molecule is Cc1cnc2cc3c(cc2c1)C[C@@]1(C3)C(=O)Nc2ncccc21. The van der Waals surface area contributed by atoms with E-state index in [1.165, 1.54) is 11.1 Å². The minimum absolute atomic E-state index is 0.0654. The number of anilines is 1. The van der Waals surface area contributed by atoms with Crippen LogP contribution in [0.25, 0.3) is 10.9 Å². The predicted octanol–water partition coefficient (Wildman–Crippen LogP) is 2.93. The van der Waals surface area contributed by atoms with Crippen LogP contribution in [0.1, 0.15) is 22.3 Å². The van der Waals surface area contributed by atoms with Crippen LogP contribution in [0.15, 0.2) is 42.7 Å². The van der Waals surface area contributed by atoms with Crippen molar-refractivity contribution in [1.29, 1.82) is 0 Å². The van der Waals surface area contributed by atoms with Crippen LogP contribution in [-0.4, -0.2) is 15.9 Å². The molecule has 3 aromatic rings. The monoisotopic (exact) mass is 301 g/mol. The Kier molecular flexibility index (Phi) is 2.31. The molecule has 1 spiro atoms. The van der Waals surface area contributed by atoms with Crippen LogP contribution in [0, 0.1) is 6.92 Å². The van der Waals surface area contributed by atoms with Crippen LogP contribution in [0.5, 0.6) is 0 Å². The van der Waals surface area contributed by atoms with Gasteiger partial charge in [0.05, 0.1) is 10.9 Å². The lowest BCUT2D eigenvalue weighted by molar-refractivity contribution is -0.120. The summed E-state index contributed by atoms with van der Waals surface area (Å²) in [5.41, 5.74) is 5.14. The summed E-state index contributed by atoms with van der Waals surface area (Å²) in [6.07, 6.45) is 5.07. The number of carbonyl (C=O) groups excluding carboxylic acids is 1. The lowest BCUT2D eigenvalue weighted by Gasteiger charge is -2.20. The summed E-state index contributed by atoms with van der Waals surface area (Å²) in [7, 11) is 0. The van der Waals surface area contributed by atoms with E-state index in [-0.39, 0.29) is 5.91 Å². The first-order chi connectivity index (χ1) is 11.2. The summed E-state index contributed by atoms with van der Waals surface area (Å²) in [4.78, 5) is 21.5. The highest BCUT2D eigenvalue weighted by molar-refractivity contribution is 6.06. The van der Waals surface area contributed by atoms with Gasteiger partial charge < -0.3 is 5.32 Å². The summed E-state index contributed by atoms with van der Waals surface area (Å²) in [5, 5.41) is 4.09.